The molecule has 4 aromatic carbocycles. The summed E-state index contributed by atoms with van der Waals surface area (Å²) >= 11 is 0. The SMILES string of the molecule is Nc1ccc(-c2ccccc2)cc1Oc1ccccc1C(=O)c1ccccc1. The van der Waals surface area contributed by atoms with E-state index in [1.807, 2.05) is 78.9 Å². The molecule has 0 aromatic heterocycles. The standard InChI is InChI=1S/C25H19NO2/c26-22-16-15-20(18-9-3-1-4-10-18)17-24(22)28-23-14-8-7-13-21(23)25(27)19-11-5-2-6-12-19/h1-17H,26H2. The number of para-hydroxylation sites is 1. The molecule has 136 valence electrons. The van der Waals surface area contributed by atoms with E-state index in [2.05, 4.69) is 0 Å². The summed E-state index contributed by atoms with van der Waals surface area (Å²) in [6.07, 6.45) is 0. The molecule has 3 heteroatoms. The Bertz CT molecular complexity index is 1110. The highest BCUT2D eigenvalue weighted by molar-refractivity contribution is 6.10. The Kier molecular flexibility index (Phi) is 4.89. The lowest BCUT2D eigenvalue weighted by Gasteiger charge is -2.13. The van der Waals surface area contributed by atoms with Gasteiger partial charge in [-0.15, -0.1) is 0 Å². The van der Waals surface area contributed by atoms with Gasteiger partial charge in [-0.2, -0.15) is 0 Å². The number of carbonyl (C=O) groups excluding carboxylic acids is 1. The summed E-state index contributed by atoms with van der Waals surface area (Å²) in [5.74, 6) is 0.914. The van der Waals surface area contributed by atoms with Crippen molar-refractivity contribution in [3.05, 3.63) is 114 Å². The highest BCUT2D eigenvalue weighted by Crippen LogP contribution is 2.34. The smallest absolute Gasteiger partial charge is 0.196 e. The van der Waals surface area contributed by atoms with Gasteiger partial charge in [-0.1, -0.05) is 78.9 Å². The van der Waals surface area contributed by atoms with Gasteiger partial charge in [-0.25, -0.2) is 0 Å². The molecule has 4 aromatic rings. The molecular formula is C25H19NO2. The zero-order valence-electron chi connectivity index (χ0n) is 15.2. The van der Waals surface area contributed by atoms with Crippen LogP contribution in [0.4, 0.5) is 5.69 Å². The van der Waals surface area contributed by atoms with E-state index in [9.17, 15) is 4.79 Å². The lowest BCUT2D eigenvalue weighted by Crippen LogP contribution is -2.04. The average Bonchev–Trinajstić information content (AvgIpc) is 2.76. The minimum atomic E-state index is -0.0889. The summed E-state index contributed by atoms with van der Waals surface area (Å²) in [6.45, 7) is 0. The fraction of sp³-hybridized carbons (Fsp3) is 0. The van der Waals surface area contributed by atoms with E-state index in [1.54, 1.807) is 24.3 Å². The molecule has 0 fully saturated rings. The molecule has 2 N–H and O–H groups in total. The minimum Gasteiger partial charge on any atom is -0.454 e. The molecule has 0 unspecified atom stereocenters. The van der Waals surface area contributed by atoms with Crippen LogP contribution in [-0.4, -0.2) is 5.78 Å². The Morgan fingerprint density at radius 1 is 0.643 bits per heavy atom. The van der Waals surface area contributed by atoms with Crippen LogP contribution in [0.2, 0.25) is 0 Å². The van der Waals surface area contributed by atoms with Crippen LogP contribution in [0.5, 0.6) is 11.5 Å². The Morgan fingerprint density at radius 2 is 1.29 bits per heavy atom. The van der Waals surface area contributed by atoms with Crippen LogP contribution in [0.15, 0.2) is 103 Å². The van der Waals surface area contributed by atoms with E-state index in [-0.39, 0.29) is 5.78 Å². The average molecular weight is 365 g/mol. The molecule has 3 nitrogen and oxygen atoms in total. The van der Waals surface area contributed by atoms with Gasteiger partial charge in [0.1, 0.15) is 5.75 Å². The monoisotopic (exact) mass is 365 g/mol. The summed E-state index contributed by atoms with van der Waals surface area (Å²) in [5.41, 5.74) is 9.84. The van der Waals surface area contributed by atoms with Crippen molar-refractivity contribution in [2.75, 3.05) is 5.73 Å². The fourth-order valence-corrected chi connectivity index (χ4v) is 3.04. The van der Waals surface area contributed by atoms with Crippen molar-refractivity contribution in [3.8, 4) is 22.6 Å². The van der Waals surface area contributed by atoms with E-state index < -0.39 is 0 Å². The molecule has 28 heavy (non-hydrogen) atoms. The van der Waals surface area contributed by atoms with E-state index >= 15 is 0 Å². The van der Waals surface area contributed by atoms with Crippen LogP contribution in [0.1, 0.15) is 15.9 Å². The Hall–Kier alpha value is -3.85. The van der Waals surface area contributed by atoms with Gasteiger partial charge in [0.25, 0.3) is 0 Å². The van der Waals surface area contributed by atoms with Crippen molar-refractivity contribution >= 4 is 11.5 Å². The van der Waals surface area contributed by atoms with Crippen LogP contribution in [0.25, 0.3) is 11.1 Å². The van der Waals surface area contributed by atoms with Crippen molar-refractivity contribution in [3.63, 3.8) is 0 Å². The normalized spacial score (nSPS) is 10.4. The maximum atomic E-state index is 12.9. The third-order valence-corrected chi connectivity index (χ3v) is 4.51. The second kappa shape index (κ2) is 7.80. The number of carbonyl (C=O) groups is 1. The molecule has 0 spiro atoms. The maximum absolute atomic E-state index is 12.9. The highest BCUT2D eigenvalue weighted by Gasteiger charge is 2.15. The van der Waals surface area contributed by atoms with Crippen molar-refractivity contribution < 1.29 is 9.53 Å². The van der Waals surface area contributed by atoms with Gasteiger partial charge in [-0.05, 0) is 35.4 Å². The van der Waals surface area contributed by atoms with Gasteiger partial charge in [0.15, 0.2) is 11.5 Å². The first kappa shape index (κ1) is 17.6. The van der Waals surface area contributed by atoms with Gasteiger partial charge in [0.05, 0.1) is 11.3 Å². The van der Waals surface area contributed by atoms with E-state index in [1.165, 1.54) is 0 Å². The Labute approximate surface area is 164 Å². The summed E-state index contributed by atoms with van der Waals surface area (Å²) in [5, 5.41) is 0. The first-order valence-electron chi connectivity index (χ1n) is 9.04. The van der Waals surface area contributed by atoms with Crippen molar-refractivity contribution in [1.82, 2.24) is 0 Å². The van der Waals surface area contributed by atoms with Crippen LogP contribution >= 0.6 is 0 Å². The van der Waals surface area contributed by atoms with Crippen molar-refractivity contribution in [2.45, 2.75) is 0 Å². The highest BCUT2D eigenvalue weighted by atomic mass is 16.5. The molecule has 0 bridgehead atoms. The third-order valence-electron chi connectivity index (χ3n) is 4.51. The maximum Gasteiger partial charge on any atom is 0.196 e. The summed E-state index contributed by atoms with van der Waals surface area (Å²) < 4.78 is 6.10. The second-order valence-electron chi connectivity index (χ2n) is 6.41. The summed E-state index contributed by atoms with van der Waals surface area (Å²) in [6, 6.07) is 32.1. The molecule has 0 heterocycles. The molecular weight excluding hydrogens is 346 g/mol. The predicted molar refractivity (Wildman–Crippen MR) is 113 cm³/mol. The zero-order chi connectivity index (χ0) is 19.3. The zero-order valence-corrected chi connectivity index (χ0v) is 15.2. The van der Waals surface area contributed by atoms with Crippen LogP contribution in [0.3, 0.4) is 0 Å². The number of hydrogen-bond acceptors (Lipinski definition) is 3. The third kappa shape index (κ3) is 3.64. The number of ketones is 1. The minimum absolute atomic E-state index is 0.0889. The number of ether oxygens (including phenoxy) is 1. The lowest BCUT2D eigenvalue weighted by atomic mass is 10.0. The number of nitrogen functional groups attached to an aromatic ring is 1. The van der Waals surface area contributed by atoms with Gasteiger partial charge in [0.2, 0.25) is 0 Å². The van der Waals surface area contributed by atoms with E-state index in [0.717, 1.165) is 11.1 Å². The molecule has 0 saturated carbocycles. The van der Waals surface area contributed by atoms with Gasteiger partial charge < -0.3 is 10.5 Å². The van der Waals surface area contributed by atoms with Gasteiger partial charge in [0, 0.05) is 5.56 Å². The Morgan fingerprint density at radius 3 is 2.04 bits per heavy atom. The first-order chi connectivity index (χ1) is 13.7. The topological polar surface area (TPSA) is 52.3 Å². The number of nitrogens with two attached hydrogens (primary N) is 1. The molecule has 0 aliphatic heterocycles. The van der Waals surface area contributed by atoms with E-state index in [4.69, 9.17) is 10.5 Å². The number of hydrogen-bond donors (Lipinski definition) is 1. The number of anilines is 1. The summed E-state index contributed by atoms with van der Waals surface area (Å²) in [7, 11) is 0. The molecule has 0 aliphatic rings. The predicted octanol–water partition coefficient (Wildman–Crippen LogP) is 5.96. The van der Waals surface area contributed by atoms with Gasteiger partial charge in [-0.3, -0.25) is 4.79 Å². The first-order valence-corrected chi connectivity index (χ1v) is 9.04. The lowest BCUT2D eigenvalue weighted by molar-refractivity contribution is 0.103. The molecule has 0 saturated heterocycles. The molecule has 0 radical (unpaired) electrons. The second-order valence-corrected chi connectivity index (χ2v) is 6.41. The molecule has 0 amide bonds. The molecule has 0 atom stereocenters. The molecule has 4 rings (SSSR count). The van der Waals surface area contributed by atoms with Crippen molar-refractivity contribution in [2.24, 2.45) is 0 Å². The fourth-order valence-electron chi connectivity index (χ4n) is 3.04. The van der Waals surface area contributed by atoms with Crippen LogP contribution in [0, 0.1) is 0 Å². The Balaban J connectivity index is 1.70. The van der Waals surface area contributed by atoms with Gasteiger partial charge >= 0.3 is 0 Å². The number of benzene rings is 4. The van der Waals surface area contributed by atoms with Crippen molar-refractivity contribution in [1.29, 1.82) is 0 Å². The van der Waals surface area contributed by atoms with Crippen LogP contribution in [-0.2, 0) is 0 Å². The molecule has 0 aliphatic carbocycles. The summed E-state index contributed by atoms with van der Waals surface area (Å²) in [4.78, 5) is 12.9. The van der Waals surface area contributed by atoms with E-state index in [0.29, 0.717) is 28.3 Å². The number of rotatable bonds is 5. The quantitative estimate of drug-likeness (QED) is 0.351. The van der Waals surface area contributed by atoms with Crippen LogP contribution < -0.4 is 10.5 Å². The largest absolute Gasteiger partial charge is 0.454 e.